The van der Waals surface area contributed by atoms with Crippen LogP contribution in [-0.4, -0.2) is 38.3 Å². The molecule has 4 heteroatoms. The summed E-state index contributed by atoms with van der Waals surface area (Å²) < 4.78 is 10.4. The molecule has 1 fully saturated rings. The number of hydrogen-bond donors (Lipinski definition) is 2. The Morgan fingerprint density at radius 2 is 1.83 bits per heavy atom. The van der Waals surface area contributed by atoms with E-state index >= 15 is 0 Å². The van der Waals surface area contributed by atoms with Gasteiger partial charge in [-0.05, 0) is 31.6 Å². The highest BCUT2D eigenvalue weighted by atomic mass is 16.7. The van der Waals surface area contributed by atoms with Crippen molar-refractivity contribution < 1.29 is 14.6 Å². The van der Waals surface area contributed by atoms with E-state index in [2.05, 4.69) is 6.92 Å². The van der Waals surface area contributed by atoms with Crippen LogP contribution in [0.25, 0.3) is 0 Å². The number of aliphatic hydroxyl groups excluding tert-OH is 1. The van der Waals surface area contributed by atoms with Crippen molar-refractivity contribution in [3.63, 3.8) is 0 Å². The van der Waals surface area contributed by atoms with Gasteiger partial charge in [0.25, 0.3) is 0 Å². The second-order valence-electron chi connectivity index (χ2n) is 5.58. The molecule has 0 radical (unpaired) electrons. The first-order valence-electron chi connectivity index (χ1n) is 7.07. The van der Waals surface area contributed by atoms with Gasteiger partial charge in [-0.1, -0.05) is 19.8 Å². The largest absolute Gasteiger partial charge is 0.387 e. The van der Waals surface area contributed by atoms with Crippen molar-refractivity contribution in [1.29, 1.82) is 0 Å². The van der Waals surface area contributed by atoms with Gasteiger partial charge in [0.05, 0.1) is 0 Å². The van der Waals surface area contributed by atoms with E-state index in [1.807, 2.05) is 0 Å². The van der Waals surface area contributed by atoms with E-state index in [1.54, 1.807) is 14.2 Å². The van der Waals surface area contributed by atoms with Crippen molar-refractivity contribution in [2.45, 2.75) is 57.8 Å². The number of ether oxygens (including phenoxy) is 2. The molecule has 0 aromatic heterocycles. The number of rotatable bonds is 7. The molecule has 1 aliphatic carbocycles. The number of hydrogen-bond acceptors (Lipinski definition) is 4. The SMILES string of the molecule is CCCC1CCC(CN)(C(O)C(OC)OC)CC1. The van der Waals surface area contributed by atoms with Crippen LogP contribution in [0, 0.1) is 11.3 Å². The molecule has 18 heavy (non-hydrogen) atoms. The molecule has 0 heterocycles. The van der Waals surface area contributed by atoms with Crippen molar-refractivity contribution in [2.75, 3.05) is 20.8 Å². The maximum atomic E-state index is 10.5. The monoisotopic (exact) mass is 259 g/mol. The second kappa shape index (κ2) is 7.43. The van der Waals surface area contributed by atoms with E-state index in [0.717, 1.165) is 31.6 Å². The lowest BCUT2D eigenvalue weighted by atomic mass is 9.66. The Hall–Kier alpha value is -0.160. The third kappa shape index (κ3) is 3.44. The Labute approximate surface area is 111 Å². The zero-order valence-electron chi connectivity index (χ0n) is 12.0. The third-order valence-electron chi connectivity index (χ3n) is 4.55. The first kappa shape index (κ1) is 15.9. The maximum absolute atomic E-state index is 10.5. The smallest absolute Gasteiger partial charge is 0.183 e. The molecule has 0 spiro atoms. The summed E-state index contributed by atoms with van der Waals surface area (Å²) in [4.78, 5) is 0. The van der Waals surface area contributed by atoms with E-state index in [0.29, 0.717) is 6.54 Å². The third-order valence-corrected chi connectivity index (χ3v) is 4.55. The second-order valence-corrected chi connectivity index (χ2v) is 5.58. The van der Waals surface area contributed by atoms with Gasteiger partial charge >= 0.3 is 0 Å². The normalized spacial score (nSPS) is 30.7. The minimum absolute atomic E-state index is 0.235. The molecular weight excluding hydrogens is 230 g/mol. The predicted octanol–water partition coefficient (Wildman–Crippen LogP) is 1.90. The average Bonchev–Trinajstić information content (AvgIpc) is 2.41. The van der Waals surface area contributed by atoms with E-state index in [4.69, 9.17) is 15.2 Å². The standard InChI is InChI=1S/C14H29NO3/c1-4-5-11-6-8-14(10-15,9-7-11)12(16)13(17-2)18-3/h11-13,16H,4-10,15H2,1-3H3. The lowest BCUT2D eigenvalue weighted by molar-refractivity contribution is -0.203. The van der Waals surface area contributed by atoms with E-state index < -0.39 is 12.4 Å². The Morgan fingerprint density at radius 3 is 2.22 bits per heavy atom. The summed E-state index contributed by atoms with van der Waals surface area (Å²) >= 11 is 0. The fourth-order valence-corrected chi connectivity index (χ4v) is 3.21. The quantitative estimate of drug-likeness (QED) is 0.685. The van der Waals surface area contributed by atoms with Crippen LogP contribution in [0.3, 0.4) is 0 Å². The molecule has 1 saturated carbocycles. The summed E-state index contributed by atoms with van der Waals surface area (Å²) in [7, 11) is 3.12. The first-order chi connectivity index (χ1) is 8.63. The van der Waals surface area contributed by atoms with Gasteiger partial charge in [0, 0.05) is 26.2 Å². The fourth-order valence-electron chi connectivity index (χ4n) is 3.21. The average molecular weight is 259 g/mol. The molecule has 4 nitrogen and oxygen atoms in total. The molecule has 1 rings (SSSR count). The van der Waals surface area contributed by atoms with Gasteiger partial charge in [-0.15, -0.1) is 0 Å². The minimum Gasteiger partial charge on any atom is -0.387 e. The molecule has 1 atom stereocenters. The zero-order chi connectivity index (χ0) is 13.6. The molecule has 0 aliphatic heterocycles. The van der Waals surface area contributed by atoms with Crippen LogP contribution in [0.15, 0.2) is 0 Å². The summed E-state index contributed by atoms with van der Waals surface area (Å²) in [5.74, 6) is 0.797. The summed E-state index contributed by atoms with van der Waals surface area (Å²) in [6, 6.07) is 0. The van der Waals surface area contributed by atoms with Crippen molar-refractivity contribution in [2.24, 2.45) is 17.1 Å². The summed E-state index contributed by atoms with van der Waals surface area (Å²) in [5, 5.41) is 10.5. The van der Waals surface area contributed by atoms with Gasteiger partial charge in [0.1, 0.15) is 6.10 Å². The summed E-state index contributed by atoms with van der Waals surface area (Å²) in [5.41, 5.74) is 5.70. The van der Waals surface area contributed by atoms with Crippen LogP contribution in [0.4, 0.5) is 0 Å². The molecule has 0 bridgehead atoms. The van der Waals surface area contributed by atoms with E-state index in [9.17, 15) is 5.11 Å². The lowest BCUT2D eigenvalue weighted by Gasteiger charge is -2.44. The van der Waals surface area contributed by atoms with Crippen LogP contribution in [-0.2, 0) is 9.47 Å². The topological polar surface area (TPSA) is 64.7 Å². The molecule has 0 aromatic rings. The van der Waals surface area contributed by atoms with Gasteiger partial charge in [-0.25, -0.2) is 0 Å². The van der Waals surface area contributed by atoms with Gasteiger partial charge in [0.15, 0.2) is 6.29 Å². The van der Waals surface area contributed by atoms with Crippen molar-refractivity contribution >= 4 is 0 Å². The van der Waals surface area contributed by atoms with E-state index in [1.165, 1.54) is 12.8 Å². The van der Waals surface area contributed by atoms with Crippen LogP contribution < -0.4 is 5.73 Å². The highest BCUT2D eigenvalue weighted by Gasteiger charge is 2.43. The number of methoxy groups -OCH3 is 2. The number of aliphatic hydroxyl groups is 1. The van der Waals surface area contributed by atoms with Crippen molar-refractivity contribution in [1.82, 2.24) is 0 Å². The molecule has 1 aliphatic rings. The Morgan fingerprint density at radius 1 is 1.28 bits per heavy atom. The predicted molar refractivity (Wildman–Crippen MR) is 72.2 cm³/mol. The summed E-state index contributed by atoms with van der Waals surface area (Å²) in [6.45, 7) is 2.72. The molecule has 0 saturated heterocycles. The molecular formula is C14H29NO3. The molecule has 1 unspecified atom stereocenters. The minimum atomic E-state index is -0.639. The number of nitrogens with two attached hydrogens (primary N) is 1. The van der Waals surface area contributed by atoms with Gasteiger partial charge < -0.3 is 20.3 Å². The first-order valence-corrected chi connectivity index (χ1v) is 7.07. The Balaban J connectivity index is 2.64. The van der Waals surface area contributed by atoms with Crippen LogP contribution in [0.1, 0.15) is 45.4 Å². The van der Waals surface area contributed by atoms with Crippen LogP contribution in [0.2, 0.25) is 0 Å². The van der Waals surface area contributed by atoms with Crippen molar-refractivity contribution in [3.05, 3.63) is 0 Å². The van der Waals surface area contributed by atoms with Crippen LogP contribution in [0.5, 0.6) is 0 Å². The van der Waals surface area contributed by atoms with Gasteiger partial charge in [-0.2, -0.15) is 0 Å². The van der Waals surface area contributed by atoms with Crippen molar-refractivity contribution in [3.8, 4) is 0 Å². The van der Waals surface area contributed by atoms with Crippen LogP contribution >= 0.6 is 0 Å². The van der Waals surface area contributed by atoms with E-state index in [-0.39, 0.29) is 5.41 Å². The maximum Gasteiger partial charge on any atom is 0.183 e. The van der Waals surface area contributed by atoms with Gasteiger partial charge in [0.2, 0.25) is 0 Å². The molecule has 0 amide bonds. The van der Waals surface area contributed by atoms with Gasteiger partial charge in [-0.3, -0.25) is 0 Å². The summed E-state index contributed by atoms with van der Waals surface area (Å²) in [6.07, 6.45) is 5.56. The molecule has 0 aromatic carbocycles. The molecule has 3 N–H and O–H groups in total. The lowest BCUT2D eigenvalue weighted by Crippen LogP contribution is -2.51. The fraction of sp³-hybridized carbons (Fsp3) is 1.00. The highest BCUT2D eigenvalue weighted by molar-refractivity contribution is 4.93. The Kier molecular flexibility index (Phi) is 6.57. The molecule has 108 valence electrons. The highest BCUT2D eigenvalue weighted by Crippen LogP contribution is 2.43. The zero-order valence-corrected chi connectivity index (χ0v) is 12.0. The Bertz CT molecular complexity index is 223.